The minimum atomic E-state index is -0.746. The maximum Gasteiger partial charge on any atom is 0.226 e. The van der Waals surface area contributed by atoms with Gasteiger partial charge in [-0.1, -0.05) is 18.3 Å². The zero-order valence-corrected chi connectivity index (χ0v) is 19.7. The highest BCUT2D eigenvalue weighted by Crippen LogP contribution is 2.45. The molecule has 1 saturated heterocycles. The maximum absolute atomic E-state index is 16.4. The Hall–Kier alpha value is -3.46. The Balaban J connectivity index is 1.63. The first kappa shape index (κ1) is 22.0. The summed E-state index contributed by atoms with van der Waals surface area (Å²) in [5, 5.41) is 10.6. The molecule has 2 aliphatic heterocycles. The summed E-state index contributed by atoms with van der Waals surface area (Å²) in [6, 6.07) is 2.02. The number of benzene rings is 1. The van der Waals surface area contributed by atoms with Crippen LogP contribution in [0.25, 0.3) is 32.2 Å². The van der Waals surface area contributed by atoms with Crippen LogP contribution in [0.3, 0.4) is 0 Å². The van der Waals surface area contributed by atoms with E-state index >= 15 is 8.78 Å². The monoisotopic (exact) mass is 494 g/mol. The number of nitriles is 1. The number of aromatic nitrogens is 3. The van der Waals surface area contributed by atoms with E-state index in [1.165, 1.54) is 0 Å². The lowest BCUT2D eigenvalue weighted by molar-refractivity contribution is 0.0899. The van der Waals surface area contributed by atoms with Gasteiger partial charge in [0.05, 0.1) is 31.1 Å². The normalized spacial score (nSPS) is 19.6. The fourth-order valence-electron chi connectivity index (χ4n) is 5.14. The molecule has 0 spiro atoms. The SMILES string of the molecule is CO[C@H]1CN(c2ncc3c4c(c(-c5c(F)cnc6sc(N)c(C#N)c56)c(F)c3n2)COC4)CC1C. The van der Waals surface area contributed by atoms with Crippen LogP contribution in [0, 0.1) is 28.9 Å². The van der Waals surface area contributed by atoms with E-state index in [1.54, 1.807) is 13.3 Å². The third-order valence-electron chi connectivity index (χ3n) is 6.88. The van der Waals surface area contributed by atoms with Gasteiger partial charge in [0.2, 0.25) is 5.95 Å². The molecule has 2 atom stereocenters. The summed E-state index contributed by atoms with van der Waals surface area (Å²) >= 11 is 1.07. The third-order valence-corrected chi connectivity index (χ3v) is 7.81. The van der Waals surface area contributed by atoms with Crippen LogP contribution in [0.5, 0.6) is 0 Å². The van der Waals surface area contributed by atoms with Crippen molar-refractivity contribution >= 4 is 43.4 Å². The molecule has 2 aliphatic rings. The summed E-state index contributed by atoms with van der Waals surface area (Å²) in [5.74, 6) is -0.792. The van der Waals surface area contributed by atoms with Gasteiger partial charge in [0.1, 0.15) is 27.2 Å². The second-order valence-corrected chi connectivity index (χ2v) is 9.87. The molecule has 35 heavy (non-hydrogen) atoms. The van der Waals surface area contributed by atoms with E-state index in [0.717, 1.165) is 17.5 Å². The lowest BCUT2D eigenvalue weighted by Crippen LogP contribution is -2.24. The Morgan fingerprint density at radius 1 is 1.20 bits per heavy atom. The zero-order valence-electron chi connectivity index (χ0n) is 18.9. The molecule has 1 fully saturated rings. The number of rotatable bonds is 3. The third kappa shape index (κ3) is 3.17. The summed E-state index contributed by atoms with van der Waals surface area (Å²) in [4.78, 5) is 15.5. The smallest absolute Gasteiger partial charge is 0.226 e. The quantitative estimate of drug-likeness (QED) is 0.453. The van der Waals surface area contributed by atoms with E-state index < -0.39 is 11.6 Å². The largest absolute Gasteiger partial charge is 0.389 e. The van der Waals surface area contributed by atoms with Crippen molar-refractivity contribution in [2.45, 2.75) is 26.2 Å². The second-order valence-electron chi connectivity index (χ2n) is 8.84. The molecule has 2 N–H and O–H groups in total. The topological polar surface area (TPSA) is 110 Å². The van der Waals surface area contributed by atoms with Crippen molar-refractivity contribution in [2.75, 3.05) is 30.8 Å². The maximum atomic E-state index is 16.4. The Morgan fingerprint density at radius 2 is 2.00 bits per heavy atom. The van der Waals surface area contributed by atoms with Crippen LogP contribution in [0.1, 0.15) is 23.6 Å². The molecule has 6 rings (SSSR count). The number of methoxy groups -OCH3 is 1. The van der Waals surface area contributed by atoms with Gasteiger partial charge < -0.3 is 20.1 Å². The lowest BCUT2D eigenvalue weighted by atomic mass is 9.91. The molecule has 178 valence electrons. The highest BCUT2D eigenvalue weighted by molar-refractivity contribution is 7.22. The standard InChI is InChI=1S/C24H20F2N6O2S/c1-10-6-32(7-16(10)33-2)24-30-4-12-13-8-34-9-14(13)17(20(26)21(12)31-24)19-15(25)5-29-23-18(19)11(3-27)22(28)35-23/h4-5,10,16H,6-9,28H2,1-2H3/t10?,16-/m0/s1. The van der Waals surface area contributed by atoms with Crippen LogP contribution in [-0.2, 0) is 22.7 Å². The molecular formula is C24H20F2N6O2S. The predicted molar refractivity (Wildman–Crippen MR) is 128 cm³/mol. The van der Waals surface area contributed by atoms with Crippen molar-refractivity contribution in [3.8, 4) is 17.2 Å². The highest BCUT2D eigenvalue weighted by Gasteiger charge is 2.33. The number of ether oxygens (including phenoxy) is 2. The Labute approximate surface area is 202 Å². The molecule has 3 aromatic heterocycles. The Morgan fingerprint density at radius 3 is 2.74 bits per heavy atom. The van der Waals surface area contributed by atoms with Crippen LogP contribution in [0.2, 0.25) is 0 Å². The number of halogens is 2. The fourth-order valence-corrected chi connectivity index (χ4v) is 6.01. The molecule has 1 aromatic carbocycles. The van der Waals surface area contributed by atoms with Crippen molar-refractivity contribution in [1.29, 1.82) is 5.26 Å². The molecule has 1 unspecified atom stereocenters. The van der Waals surface area contributed by atoms with Gasteiger partial charge in [-0.2, -0.15) is 5.26 Å². The summed E-state index contributed by atoms with van der Waals surface area (Å²) in [5.41, 5.74) is 7.37. The summed E-state index contributed by atoms with van der Waals surface area (Å²) in [6.45, 7) is 3.66. The molecule has 0 saturated carbocycles. The minimum Gasteiger partial charge on any atom is -0.389 e. The van der Waals surface area contributed by atoms with Gasteiger partial charge in [-0.25, -0.2) is 23.7 Å². The highest BCUT2D eigenvalue weighted by atomic mass is 32.1. The predicted octanol–water partition coefficient (Wildman–Crippen LogP) is 4.14. The fraction of sp³-hybridized carbons (Fsp3) is 0.333. The minimum absolute atomic E-state index is 0.0239. The number of thiophene rings is 1. The molecule has 0 radical (unpaired) electrons. The molecule has 5 heterocycles. The second kappa shape index (κ2) is 8.05. The number of anilines is 2. The van der Waals surface area contributed by atoms with E-state index in [4.69, 9.17) is 15.2 Å². The average molecular weight is 495 g/mol. The van der Waals surface area contributed by atoms with Gasteiger partial charge >= 0.3 is 0 Å². The number of nitrogens with two attached hydrogens (primary N) is 1. The Kier molecular flexibility index (Phi) is 5.07. The summed E-state index contributed by atoms with van der Waals surface area (Å²) < 4.78 is 42.9. The molecule has 0 amide bonds. The number of nitrogen functional groups attached to an aromatic ring is 1. The van der Waals surface area contributed by atoms with Crippen molar-refractivity contribution in [2.24, 2.45) is 5.92 Å². The first-order valence-corrected chi connectivity index (χ1v) is 11.9. The van der Waals surface area contributed by atoms with E-state index in [0.29, 0.717) is 40.4 Å². The van der Waals surface area contributed by atoms with Crippen LogP contribution in [0.4, 0.5) is 19.7 Å². The van der Waals surface area contributed by atoms with Crippen LogP contribution < -0.4 is 10.6 Å². The molecule has 4 aromatic rings. The van der Waals surface area contributed by atoms with E-state index in [9.17, 15) is 5.26 Å². The number of fused-ring (bicyclic) bond motifs is 4. The van der Waals surface area contributed by atoms with E-state index in [2.05, 4.69) is 21.9 Å². The number of hydrogen-bond donors (Lipinski definition) is 1. The lowest BCUT2D eigenvalue weighted by Gasteiger charge is -2.18. The van der Waals surface area contributed by atoms with Crippen LogP contribution in [-0.4, -0.2) is 41.3 Å². The van der Waals surface area contributed by atoms with Crippen molar-refractivity contribution < 1.29 is 18.3 Å². The van der Waals surface area contributed by atoms with Gasteiger partial charge in [-0.05, 0) is 11.1 Å². The van der Waals surface area contributed by atoms with Crippen molar-refractivity contribution in [3.63, 3.8) is 0 Å². The Bertz CT molecular complexity index is 1570. The first-order valence-electron chi connectivity index (χ1n) is 11.0. The number of pyridine rings is 1. The molecule has 0 aliphatic carbocycles. The van der Waals surface area contributed by atoms with Crippen LogP contribution in [0.15, 0.2) is 12.4 Å². The molecule has 8 nitrogen and oxygen atoms in total. The number of hydrogen-bond acceptors (Lipinski definition) is 9. The average Bonchev–Trinajstić information content (AvgIpc) is 3.56. The van der Waals surface area contributed by atoms with Gasteiger partial charge in [0, 0.05) is 54.2 Å². The van der Waals surface area contributed by atoms with Crippen molar-refractivity contribution in [3.05, 3.63) is 40.7 Å². The zero-order chi connectivity index (χ0) is 24.4. The molecule has 11 heteroatoms. The molecule has 0 bridgehead atoms. The molecular weight excluding hydrogens is 474 g/mol. The summed E-state index contributed by atoms with van der Waals surface area (Å²) in [6.07, 6.45) is 2.66. The first-order chi connectivity index (χ1) is 16.9. The summed E-state index contributed by atoms with van der Waals surface area (Å²) in [7, 11) is 1.66. The van der Waals surface area contributed by atoms with Gasteiger partial charge in [0.15, 0.2) is 5.82 Å². The van der Waals surface area contributed by atoms with Gasteiger partial charge in [-0.3, -0.25) is 0 Å². The van der Waals surface area contributed by atoms with Gasteiger partial charge in [-0.15, -0.1) is 0 Å². The van der Waals surface area contributed by atoms with Crippen molar-refractivity contribution in [1.82, 2.24) is 15.0 Å². The van der Waals surface area contributed by atoms with Crippen LogP contribution >= 0.6 is 11.3 Å². The van der Waals surface area contributed by atoms with E-state index in [1.807, 2.05) is 11.0 Å². The van der Waals surface area contributed by atoms with Gasteiger partial charge in [0.25, 0.3) is 0 Å². The van der Waals surface area contributed by atoms with E-state index in [-0.39, 0.29) is 57.8 Å². The number of nitrogens with zero attached hydrogens (tertiary/aromatic N) is 5.